The van der Waals surface area contributed by atoms with E-state index in [0.29, 0.717) is 5.76 Å². The summed E-state index contributed by atoms with van der Waals surface area (Å²) in [4.78, 5) is 0. The summed E-state index contributed by atoms with van der Waals surface area (Å²) in [7, 11) is 0. The Hall–Kier alpha value is -0.905. The summed E-state index contributed by atoms with van der Waals surface area (Å²) < 4.78 is 43.9. The average molecular weight is 179 g/mol. The van der Waals surface area contributed by atoms with Crippen LogP contribution in [0.5, 0.6) is 0 Å². The summed E-state index contributed by atoms with van der Waals surface area (Å²) in [6.07, 6.45) is 1.39. The molecule has 0 aliphatic heterocycles. The Balaban J connectivity index is 2.20. The Kier molecular flexibility index (Phi) is 2.81. The molecule has 0 radical (unpaired) electrons. The molecule has 0 saturated heterocycles. The van der Waals surface area contributed by atoms with E-state index in [-0.39, 0.29) is 6.61 Å². The van der Waals surface area contributed by atoms with Crippen LogP contribution in [0, 0.1) is 0 Å². The molecule has 6 heteroatoms. The van der Waals surface area contributed by atoms with Gasteiger partial charge in [0.1, 0.15) is 12.4 Å². The number of ether oxygens (including phenoxy) is 1. The molecule has 0 bridgehead atoms. The Morgan fingerprint density at radius 2 is 2.17 bits per heavy atom. The summed E-state index contributed by atoms with van der Waals surface area (Å²) in [6, 6.07) is 3.15. The molecule has 0 saturated carbocycles. The quantitative estimate of drug-likeness (QED) is 0.660. The molecule has 2 nitrogen and oxygen atoms in total. The monoisotopic (exact) mass is 179 g/mol. The number of hydrogen-bond donors (Lipinski definition) is 0. The number of rotatable bonds is 4. The summed E-state index contributed by atoms with van der Waals surface area (Å²) >= 11 is 0. The van der Waals surface area contributed by atoms with Crippen LogP contribution in [0.3, 0.4) is 0 Å². The van der Waals surface area contributed by atoms with E-state index in [1.54, 1.807) is 12.1 Å². The van der Waals surface area contributed by atoms with Gasteiger partial charge in [-0.25, -0.2) is 0 Å². The lowest BCUT2D eigenvalue weighted by Gasteiger charge is -2.12. The fourth-order valence-corrected chi connectivity index (χ4v) is 0.688. The van der Waals surface area contributed by atoms with Crippen molar-refractivity contribution in [2.45, 2.75) is 6.61 Å². The van der Waals surface area contributed by atoms with E-state index < -0.39 is 13.5 Å². The Morgan fingerprint density at radius 3 is 2.67 bits per heavy atom. The van der Waals surface area contributed by atoms with Crippen LogP contribution in [0.4, 0.5) is 12.9 Å². The second-order valence-electron chi connectivity index (χ2n) is 2.30. The topological polar surface area (TPSA) is 22.4 Å². The molecule has 0 fully saturated rings. The standard InChI is InChI=1S/C6H7BF3O2/c8-7(9,10)5-11-4-6-2-1-3-12-6/h1-3H,4-5H2/q-1. The van der Waals surface area contributed by atoms with Crippen molar-refractivity contribution in [3.05, 3.63) is 24.2 Å². The lowest BCUT2D eigenvalue weighted by atomic mass is 9.95. The predicted molar refractivity (Wildman–Crippen MR) is 37.4 cm³/mol. The van der Waals surface area contributed by atoms with Crippen LogP contribution in [0.15, 0.2) is 22.8 Å². The Labute approximate surface area is 67.4 Å². The zero-order valence-electron chi connectivity index (χ0n) is 6.17. The van der Waals surface area contributed by atoms with Crippen LogP contribution in [-0.4, -0.2) is 13.5 Å². The molecule has 0 amide bonds. The fraction of sp³-hybridized carbons (Fsp3) is 0.333. The van der Waals surface area contributed by atoms with E-state index >= 15 is 0 Å². The summed E-state index contributed by atoms with van der Waals surface area (Å²) in [5, 5.41) is 0. The Bertz CT molecular complexity index is 219. The molecule has 1 rings (SSSR count). The molecule has 1 heterocycles. The molecule has 0 aliphatic carbocycles. The highest BCUT2D eigenvalue weighted by Gasteiger charge is 2.23. The van der Waals surface area contributed by atoms with E-state index in [1.807, 2.05) is 0 Å². The van der Waals surface area contributed by atoms with E-state index in [0.717, 1.165) is 0 Å². The molecule has 0 atom stereocenters. The molecule has 68 valence electrons. The highest BCUT2D eigenvalue weighted by atomic mass is 19.4. The van der Waals surface area contributed by atoms with Crippen molar-refractivity contribution in [2.75, 3.05) is 6.51 Å². The van der Waals surface area contributed by atoms with Gasteiger partial charge in [-0.05, 0) is 12.1 Å². The minimum absolute atomic E-state index is 0.131. The first-order valence-electron chi connectivity index (χ1n) is 3.39. The van der Waals surface area contributed by atoms with Gasteiger partial charge in [-0.1, -0.05) is 0 Å². The maximum atomic E-state index is 11.6. The van der Waals surface area contributed by atoms with Gasteiger partial charge in [0.05, 0.1) is 6.26 Å². The molecule has 0 aliphatic rings. The lowest BCUT2D eigenvalue weighted by molar-refractivity contribution is 0.122. The van der Waals surface area contributed by atoms with Gasteiger partial charge in [-0.15, -0.1) is 0 Å². The van der Waals surface area contributed by atoms with Crippen LogP contribution in [0.25, 0.3) is 0 Å². The molecular weight excluding hydrogens is 172 g/mol. The van der Waals surface area contributed by atoms with Gasteiger partial charge >= 0.3 is 6.98 Å². The van der Waals surface area contributed by atoms with Gasteiger partial charge in [0, 0.05) is 6.51 Å². The van der Waals surface area contributed by atoms with Crippen molar-refractivity contribution >= 4 is 6.98 Å². The van der Waals surface area contributed by atoms with Gasteiger partial charge < -0.3 is 22.1 Å². The third-order valence-electron chi connectivity index (χ3n) is 1.13. The van der Waals surface area contributed by atoms with Crippen molar-refractivity contribution < 1.29 is 22.1 Å². The van der Waals surface area contributed by atoms with Crippen LogP contribution < -0.4 is 0 Å². The molecule has 0 aromatic carbocycles. The van der Waals surface area contributed by atoms with E-state index in [9.17, 15) is 12.9 Å². The highest BCUT2D eigenvalue weighted by Crippen LogP contribution is 2.10. The second kappa shape index (κ2) is 3.66. The lowest BCUT2D eigenvalue weighted by Crippen LogP contribution is -2.23. The third-order valence-corrected chi connectivity index (χ3v) is 1.13. The van der Waals surface area contributed by atoms with Crippen molar-refractivity contribution in [3.8, 4) is 0 Å². The molecule has 0 N–H and O–H groups in total. The van der Waals surface area contributed by atoms with Gasteiger partial charge in [-0.2, -0.15) is 0 Å². The van der Waals surface area contributed by atoms with Gasteiger partial charge in [0.25, 0.3) is 0 Å². The van der Waals surface area contributed by atoms with Crippen LogP contribution in [-0.2, 0) is 11.3 Å². The van der Waals surface area contributed by atoms with E-state index in [1.165, 1.54) is 6.26 Å². The SMILES string of the molecule is F[B-](F)(F)COCc1ccco1. The summed E-state index contributed by atoms with van der Waals surface area (Å²) in [5.41, 5.74) is 0. The van der Waals surface area contributed by atoms with E-state index in [2.05, 4.69) is 4.74 Å². The smallest absolute Gasteiger partial charge is 0.467 e. The fourth-order valence-electron chi connectivity index (χ4n) is 0.688. The first-order chi connectivity index (χ1) is 5.58. The normalized spacial score (nSPS) is 11.9. The second-order valence-corrected chi connectivity index (χ2v) is 2.30. The minimum Gasteiger partial charge on any atom is -0.467 e. The third kappa shape index (κ3) is 3.48. The highest BCUT2D eigenvalue weighted by molar-refractivity contribution is 6.58. The van der Waals surface area contributed by atoms with Gasteiger partial charge in [0.2, 0.25) is 0 Å². The zero-order valence-corrected chi connectivity index (χ0v) is 6.17. The van der Waals surface area contributed by atoms with Crippen molar-refractivity contribution in [3.63, 3.8) is 0 Å². The van der Waals surface area contributed by atoms with Gasteiger partial charge in [-0.3, -0.25) is 0 Å². The number of halogens is 3. The van der Waals surface area contributed by atoms with Crippen molar-refractivity contribution in [2.24, 2.45) is 0 Å². The number of hydrogen-bond acceptors (Lipinski definition) is 2. The van der Waals surface area contributed by atoms with Crippen molar-refractivity contribution in [1.29, 1.82) is 0 Å². The largest absolute Gasteiger partial charge is 0.503 e. The van der Waals surface area contributed by atoms with Crippen LogP contribution in [0.2, 0.25) is 0 Å². The molecule has 0 spiro atoms. The van der Waals surface area contributed by atoms with Crippen LogP contribution in [0.1, 0.15) is 5.76 Å². The van der Waals surface area contributed by atoms with Crippen molar-refractivity contribution in [1.82, 2.24) is 0 Å². The molecule has 1 aromatic heterocycles. The number of furan rings is 1. The predicted octanol–water partition coefficient (Wildman–Crippen LogP) is 2.18. The molecule has 0 unspecified atom stereocenters. The summed E-state index contributed by atoms with van der Waals surface area (Å²) in [5.74, 6) is 0.398. The molecule has 1 aromatic rings. The molecular formula is C6H7BF3O2-. The van der Waals surface area contributed by atoms with Crippen LogP contribution >= 0.6 is 0 Å². The first-order valence-corrected chi connectivity index (χ1v) is 3.39. The average Bonchev–Trinajstić information content (AvgIpc) is 2.36. The maximum Gasteiger partial charge on any atom is 0.503 e. The Morgan fingerprint density at radius 1 is 1.42 bits per heavy atom. The summed E-state index contributed by atoms with van der Waals surface area (Å²) in [6.45, 7) is -6.16. The maximum absolute atomic E-state index is 11.6. The van der Waals surface area contributed by atoms with E-state index in [4.69, 9.17) is 4.42 Å². The van der Waals surface area contributed by atoms with Gasteiger partial charge in [0.15, 0.2) is 0 Å². The zero-order chi connectivity index (χ0) is 9.03. The molecule has 12 heavy (non-hydrogen) atoms. The minimum atomic E-state index is -4.85. The first kappa shape index (κ1) is 9.19.